The smallest absolute Gasteiger partial charge is 0.291 e. The molecule has 5 rings (SSSR count). The number of fused-ring (bicyclic) bond motifs is 1. The van der Waals surface area contributed by atoms with Crippen LogP contribution in [0.1, 0.15) is 67.7 Å². The van der Waals surface area contributed by atoms with Gasteiger partial charge in [-0.05, 0) is 87.8 Å². The normalized spacial score (nSPS) is 17.3. The molecule has 3 heterocycles. The lowest BCUT2D eigenvalue weighted by atomic mass is 10.1. The Bertz CT molecular complexity index is 1200. The highest BCUT2D eigenvalue weighted by Crippen LogP contribution is 2.34. The van der Waals surface area contributed by atoms with E-state index in [0.717, 1.165) is 60.1 Å². The van der Waals surface area contributed by atoms with Crippen LogP contribution in [0.2, 0.25) is 0 Å². The highest BCUT2D eigenvalue weighted by molar-refractivity contribution is 5.90. The van der Waals surface area contributed by atoms with Gasteiger partial charge in [0.25, 0.3) is 6.02 Å². The maximum absolute atomic E-state index is 6.31. The van der Waals surface area contributed by atoms with Gasteiger partial charge >= 0.3 is 0 Å². The number of aryl methyl sites for hydroxylation is 2. The fourth-order valence-electron chi connectivity index (χ4n) is 4.92. The van der Waals surface area contributed by atoms with E-state index in [1.54, 1.807) is 7.11 Å². The number of imidazole rings is 1. The first-order valence-corrected chi connectivity index (χ1v) is 12.9. The number of hydrogen-bond donors (Lipinski definition) is 1. The van der Waals surface area contributed by atoms with Crippen molar-refractivity contribution in [3.05, 3.63) is 65.4 Å². The van der Waals surface area contributed by atoms with Crippen molar-refractivity contribution in [3.8, 4) is 11.5 Å². The number of benzene rings is 1. The fourth-order valence-corrected chi connectivity index (χ4v) is 4.92. The average molecular weight is 490 g/mol. The minimum atomic E-state index is -0.0754. The van der Waals surface area contributed by atoms with Gasteiger partial charge in [-0.25, -0.2) is 9.98 Å². The number of amidine groups is 1. The zero-order valence-electron chi connectivity index (χ0n) is 21.4. The molecule has 1 atom stereocenters. The summed E-state index contributed by atoms with van der Waals surface area (Å²) in [4.78, 5) is 13.6. The minimum absolute atomic E-state index is 0.0754. The third kappa shape index (κ3) is 5.48. The molecule has 3 aromatic rings. The number of ether oxygens (including phenoxy) is 3. The summed E-state index contributed by atoms with van der Waals surface area (Å²) in [6.07, 6.45) is 10.4. The average Bonchev–Trinajstić information content (AvgIpc) is 3.51. The molecule has 0 radical (unpaired) electrons. The quantitative estimate of drug-likeness (QED) is 0.402. The van der Waals surface area contributed by atoms with Gasteiger partial charge in [-0.15, -0.1) is 0 Å². The summed E-state index contributed by atoms with van der Waals surface area (Å²) in [5.41, 5.74) is 3.32. The number of anilines is 1. The predicted octanol–water partition coefficient (Wildman–Crippen LogP) is 5.46. The van der Waals surface area contributed by atoms with Crippen molar-refractivity contribution in [2.75, 3.05) is 19.0 Å². The SMILES string of the molecule is COc1ccc(Cn2c(C)nc3c2NC(OCCCc2ccncc2)=NC3C)cc1OC1CCCC1. The largest absolute Gasteiger partial charge is 0.493 e. The molecule has 1 saturated carbocycles. The van der Waals surface area contributed by atoms with Crippen LogP contribution in [-0.4, -0.2) is 40.4 Å². The van der Waals surface area contributed by atoms with Crippen LogP contribution in [0.4, 0.5) is 5.82 Å². The second kappa shape index (κ2) is 11.0. The lowest BCUT2D eigenvalue weighted by molar-refractivity contribution is 0.200. The number of aliphatic imine (C=N–C) groups is 1. The molecule has 8 nitrogen and oxygen atoms in total. The maximum Gasteiger partial charge on any atom is 0.291 e. The molecule has 0 saturated heterocycles. The van der Waals surface area contributed by atoms with E-state index < -0.39 is 0 Å². The van der Waals surface area contributed by atoms with E-state index >= 15 is 0 Å². The van der Waals surface area contributed by atoms with Gasteiger partial charge in [-0.2, -0.15) is 0 Å². The van der Waals surface area contributed by atoms with Gasteiger partial charge in [0.1, 0.15) is 17.3 Å². The molecule has 36 heavy (non-hydrogen) atoms. The molecule has 1 N–H and O–H groups in total. The van der Waals surface area contributed by atoms with Crippen molar-refractivity contribution in [1.29, 1.82) is 0 Å². The number of nitrogens with one attached hydrogen (secondary N) is 1. The molecule has 0 spiro atoms. The van der Waals surface area contributed by atoms with E-state index in [2.05, 4.69) is 38.9 Å². The summed E-state index contributed by atoms with van der Waals surface area (Å²) in [6.45, 7) is 5.33. The Hall–Kier alpha value is -3.55. The topological polar surface area (TPSA) is 82.8 Å². The van der Waals surface area contributed by atoms with Crippen molar-refractivity contribution in [1.82, 2.24) is 14.5 Å². The van der Waals surface area contributed by atoms with Crippen LogP contribution in [0.3, 0.4) is 0 Å². The third-order valence-electron chi connectivity index (χ3n) is 6.88. The number of aromatic nitrogens is 3. The van der Waals surface area contributed by atoms with E-state index in [0.29, 0.717) is 19.2 Å². The van der Waals surface area contributed by atoms with E-state index in [-0.39, 0.29) is 12.1 Å². The van der Waals surface area contributed by atoms with E-state index in [1.165, 1.54) is 18.4 Å². The van der Waals surface area contributed by atoms with Gasteiger partial charge in [-0.3, -0.25) is 10.3 Å². The second-order valence-electron chi connectivity index (χ2n) is 9.53. The van der Waals surface area contributed by atoms with E-state index in [4.69, 9.17) is 19.2 Å². The maximum atomic E-state index is 6.31. The Morgan fingerprint density at radius 3 is 2.64 bits per heavy atom. The van der Waals surface area contributed by atoms with Gasteiger partial charge in [0.2, 0.25) is 0 Å². The van der Waals surface area contributed by atoms with Crippen LogP contribution in [-0.2, 0) is 17.7 Å². The Balaban J connectivity index is 1.27. The summed E-state index contributed by atoms with van der Waals surface area (Å²) in [5.74, 6) is 3.46. The van der Waals surface area contributed by atoms with Crippen molar-refractivity contribution in [2.45, 2.75) is 71.1 Å². The standard InChI is InChI=1S/C28H35N5O3/c1-19-26-27(32-28(30-19)35-16-6-7-21-12-14-29-15-13-21)33(20(2)31-26)18-22-10-11-24(34-3)25(17-22)36-23-8-4-5-9-23/h10-15,17,19,23H,4-9,16,18H2,1-3H3,(H,30,32). The first-order chi connectivity index (χ1) is 17.6. The second-order valence-corrected chi connectivity index (χ2v) is 9.53. The first kappa shape index (κ1) is 24.2. The Morgan fingerprint density at radius 1 is 1.06 bits per heavy atom. The van der Waals surface area contributed by atoms with Crippen molar-refractivity contribution < 1.29 is 14.2 Å². The number of rotatable bonds is 9. The molecule has 1 unspecified atom stereocenters. The number of methoxy groups -OCH3 is 1. The van der Waals surface area contributed by atoms with Crippen LogP contribution in [0.5, 0.6) is 11.5 Å². The zero-order valence-corrected chi connectivity index (χ0v) is 21.4. The molecular weight excluding hydrogens is 454 g/mol. The zero-order chi connectivity index (χ0) is 24.9. The summed E-state index contributed by atoms with van der Waals surface area (Å²) < 4.78 is 20.1. The Labute approximate surface area is 212 Å². The van der Waals surface area contributed by atoms with Crippen LogP contribution < -0.4 is 14.8 Å². The van der Waals surface area contributed by atoms with Crippen molar-refractivity contribution in [2.24, 2.45) is 4.99 Å². The number of hydrogen-bond acceptors (Lipinski definition) is 7. The fraction of sp³-hybridized carbons (Fsp3) is 0.464. The lowest BCUT2D eigenvalue weighted by Gasteiger charge is -2.21. The summed E-state index contributed by atoms with van der Waals surface area (Å²) in [5, 5.41) is 3.39. The molecule has 1 fully saturated rings. The molecule has 190 valence electrons. The van der Waals surface area contributed by atoms with Crippen LogP contribution in [0, 0.1) is 6.92 Å². The Kier molecular flexibility index (Phi) is 7.39. The van der Waals surface area contributed by atoms with Crippen LogP contribution in [0.15, 0.2) is 47.7 Å². The molecule has 1 aromatic carbocycles. The molecule has 8 heteroatoms. The van der Waals surface area contributed by atoms with E-state index in [9.17, 15) is 0 Å². The highest BCUT2D eigenvalue weighted by atomic mass is 16.5. The van der Waals surface area contributed by atoms with Crippen molar-refractivity contribution in [3.63, 3.8) is 0 Å². The molecule has 0 amide bonds. The molecule has 0 bridgehead atoms. The summed E-state index contributed by atoms with van der Waals surface area (Å²) in [6, 6.07) is 10.7. The summed E-state index contributed by atoms with van der Waals surface area (Å²) >= 11 is 0. The molecular formula is C28H35N5O3. The van der Waals surface area contributed by atoms with Gasteiger partial charge in [0.05, 0.1) is 32.4 Å². The van der Waals surface area contributed by atoms with Gasteiger partial charge in [-0.1, -0.05) is 6.07 Å². The molecule has 2 aromatic heterocycles. The molecule has 1 aliphatic carbocycles. The lowest BCUT2D eigenvalue weighted by Crippen LogP contribution is -2.25. The molecule has 1 aliphatic heterocycles. The summed E-state index contributed by atoms with van der Waals surface area (Å²) in [7, 11) is 1.69. The van der Waals surface area contributed by atoms with Gasteiger partial charge < -0.3 is 18.8 Å². The molecule has 2 aliphatic rings. The third-order valence-corrected chi connectivity index (χ3v) is 6.88. The van der Waals surface area contributed by atoms with E-state index in [1.807, 2.05) is 37.5 Å². The monoisotopic (exact) mass is 489 g/mol. The number of nitrogens with zero attached hydrogens (tertiary/aromatic N) is 4. The number of pyridine rings is 1. The van der Waals surface area contributed by atoms with Crippen LogP contribution >= 0.6 is 0 Å². The predicted molar refractivity (Wildman–Crippen MR) is 140 cm³/mol. The van der Waals surface area contributed by atoms with Crippen molar-refractivity contribution >= 4 is 11.8 Å². The van der Waals surface area contributed by atoms with Gasteiger partial charge in [0, 0.05) is 12.4 Å². The van der Waals surface area contributed by atoms with Crippen LogP contribution in [0.25, 0.3) is 0 Å². The Morgan fingerprint density at radius 2 is 1.86 bits per heavy atom. The van der Waals surface area contributed by atoms with Gasteiger partial charge in [0.15, 0.2) is 11.5 Å². The highest BCUT2D eigenvalue weighted by Gasteiger charge is 2.26. The minimum Gasteiger partial charge on any atom is -0.493 e. The first-order valence-electron chi connectivity index (χ1n) is 12.9.